The molecule has 4 nitrogen and oxygen atoms in total. The molecule has 0 saturated heterocycles. The van der Waals surface area contributed by atoms with Gasteiger partial charge in [0.1, 0.15) is 17.6 Å². The fourth-order valence-corrected chi connectivity index (χ4v) is 3.09. The van der Waals surface area contributed by atoms with Gasteiger partial charge in [0.25, 0.3) is 0 Å². The second kappa shape index (κ2) is 5.81. The van der Waals surface area contributed by atoms with Crippen molar-refractivity contribution in [2.75, 3.05) is 5.32 Å². The number of fused-ring (bicyclic) bond motifs is 1. The molecule has 4 heteroatoms. The van der Waals surface area contributed by atoms with Crippen molar-refractivity contribution in [3.8, 4) is 5.75 Å². The van der Waals surface area contributed by atoms with Gasteiger partial charge >= 0.3 is 0 Å². The van der Waals surface area contributed by atoms with Crippen LogP contribution in [0, 0.1) is 6.92 Å². The minimum atomic E-state index is -0.155. The first-order valence-corrected chi connectivity index (χ1v) is 7.88. The number of anilines is 1. The van der Waals surface area contributed by atoms with Crippen molar-refractivity contribution in [2.24, 2.45) is 0 Å². The normalized spacial score (nSPS) is 12.4. The van der Waals surface area contributed by atoms with Gasteiger partial charge in [0.05, 0.1) is 6.26 Å². The lowest BCUT2D eigenvalue weighted by molar-refractivity contribution is 0.475. The van der Waals surface area contributed by atoms with Gasteiger partial charge in [-0.1, -0.05) is 24.3 Å². The van der Waals surface area contributed by atoms with Crippen LogP contribution in [0.15, 0.2) is 71.5 Å². The molecular weight excluding hydrogens is 300 g/mol. The first kappa shape index (κ1) is 14.5. The summed E-state index contributed by atoms with van der Waals surface area (Å²) in [5.74, 6) is 1.05. The predicted octanol–water partition coefficient (Wildman–Crippen LogP) is 4.98. The molecule has 1 unspecified atom stereocenters. The van der Waals surface area contributed by atoms with E-state index in [4.69, 9.17) is 4.42 Å². The molecule has 0 radical (unpaired) electrons. The summed E-state index contributed by atoms with van der Waals surface area (Å²) < 4.78 is 5.66. The number of phenols is 1. The van der Waals surface area contributed by atoms with Crippen molar-refractivity contribution < 1.29 is 9.52 Å². The van der Waals surface area contributed by atoms with E-state index >= 15 is 0 Å². The zero-order valence-electron chi connectivity index (χ0n) is 13.3. The van der Waals surface area contributed by atoms with Crippen LogP contribution in [0.1, 0.15) is 22.9 Å². The second-order valence-electron chi connectivity index (χ2n) is 5.88. The number of phenolic OH excluding ortho intramolecular Hbond substituents is 1. The maximum atomic E-state index is 9.73. The van der Waals surface area contributed by atoms with E-state index in [1.54, 1.807) is 18.4 Å². The molecule has 4 aromatic rings. The van der Waals surface area contributed by atoms with Gasteiger partial charge in [0, 0.05) is 34.4 Å². The van der Waals surface area contributed by atoms with E-state index in [0.717, 1.165) is 27.9 Å². The molecule has 0 aliphatic rings. The van der Waals surface area contributed by atoms with Gasteiger partial charge in [-0.2, -0.15) is 0 Å². The lowest BCUT2D eigenvalue weighted by atomic mass is 10.0. The Morgan fingerprint density at radius 2 is 1.96 bits per heavy atom. The first-order chi connectivity index (χ1) is 11.7. The quantitative estimate of drug-likeness (QED) is 0.497. The minimum absolute atomic E-state index is 0.155. The minimum Gasteiger partial charge on any atom is -0.508 e. The van der Waals surface area contributed by atoms with E-state index in [1.807, 2.05) is 30.5 Å². The van der Waals surface area contributed by atoms with Gasteiger partial charge in [-0.15, -0.1) is 0 Å². The van der Waals surface area contributed by atoms with E-state index in [-0.39, 0.29) is 11.8 Å². The molecule has 2 heterocycles. The van der Waals surface area contributed by atoms with Gasteiger partial charge in [-0.3, -0.25) is 0 Å². The average Bonchev–Trinajstić information content (AvgIpc) is 3.23. The third-order valence-corrected chi connectivity index (χ3v) is 4.25. The maximum Gasteiger partial charge on any atom is 0.130 e. The maximum absolute atomic E-state index is 9.73. The Kier molecular flexibility index (Phi) is 3.50. The topological polar surface area (TPSA) is 61.2 Å². The molecule has 3 N–H and O–H groups in total. The van der Waals surface area contributed by atoms with Gasteiger partial charge in [-0.25, -0.2) is 0 Å². The smallest absolute Gasteiger partial charge is 0.130 e. The average molecular weight is 318 g/mol. The van der Waals surface area contributed by atoms with Crippen molar-refractivity contribution in [2.45, 2.75) is 13.0 Å². The number of benzene rings is 2. The Hall–Kier alpha value is -3.14. The standard InChI is InChI=1S/C20H18N2O2/c1-13-5-2-8-16-17(12-21-19(13)16)20(18-9-4-10-24-18)22-14-6-3-7-15(23)11-14/h2-12,20-23H,1H3. The Morgan fingerprint density at radius 1 is 1.08 bits per heavy atom. The van der Waals surface area contributed by atoms with Gasteiger partial charge in [0.2, 0.25) is 0 Å². The number of hydrogen-bond acceptors (Lipinski definition) is 3. The zero-order valence-corrected chi connectivity index (χ0v) is 13.3. The Balaban J connectivity index is 1.82. The van der Waals surface area contributed by atoms with Crippen molar-refractivity contribution in [1.82, 2.24) is 4.98 Å². The van der Waals surface area contributed by atoms with Crippen LogP contribution in [0.4, 0.5) is 5.69 Å². The third-order valence-electron chi connectivity index (χ3n) is 4.25. The molecule has 1 atom stereocenters. The third kappa shape index (κ3) is 2.52. The Morgan fingerprint density at radius 3 is 2.75 bits per heavy atom. The van der Waals surface area contributed by atoms with Crippen molar-refractivity contribution in [3.63, 3.8) is 0 Å². The highest BCUT2D eigenvalue weighted by Gasteiger charge is 2.21. The summed E-state index contributed by atoms with van der Waals surface area (Å²) in [4.78, 5) is 3.36. The van der Waals surface area contributed by atoms with E-state index in [9.17, 15) is 5.11 Å². The molecule has 120 valence electrons. The lowest BCUT2D eigenvalue weighted by Crippen LogP contribution is -2.11. The molecule has 4 rings (SSSR count). The van der Waals surface area contributed by atoms with E-state index in [0.29, 0.717) is 0 Å². The number of furan rings is 1. The van der Waals surface area contributed by atoms with Crippen LogP contribution in [-0.4, -0.2) is 10.1 Å². The van der Waals surface area contributed by atoms with E-state index in [2.05, 4.69) is 35.4 Å². The summed E-state index contributed by atoms with van der Waals surface area (Å²) in [5, 5.41) is 14.3. The summed E-state index contributed by atoms with van der Waals surface area (Å²) in [5.41, 5.74) is 4.27. The fourth-order valence-electron chi connectivity index (χ4n) is 3.09. The first-order valence-electron chi connectivity index (χ1n) is 7.88. The largest absolute Gasteiger partial charge is 0.508 e. The van der Waals surface area contributed by atoms with Crippen LogP contribution in [0.3, 0.4) is 0 Å². The Labute approximate surface area is 139 Å². The number of aromatic nitrogens is 1. The lowest BCUT2D eigenvalue weighted by Gasteiger charge is -2.18. The number of rotatable bonds is 4. The van der Waals surface area contributed by atoms with Crippen LogP contribution in [-0.2, 0) is 0 Å². The van der Waals surface area contributed by atoms with E-state index in [1.165, 1.54) is 5.56 Å². The number of para-hydroxylation sites is 1. The molecular formula is C20H18N2O2. The molecule has 0 amide bonds. The molecule has 2 aromatic carbocycles. The number of aryl methyl sites for hydroxylation is 1. The molecule has 0 bridgehead atoms. The summed E-state index contributed by atoms with van der Waals surface area (Å²) in [6, 6.07) is 17.0. The number of aromatic amines is 1. The molecule has 2 aromatic heterocycles. The SMILES string of the molecule is Cc1cccc2c(C(Nc3cccc(O)c3)c3ccco3)c[nH]c12. The van der Waals surface area contributed by atoms with Crippen molar-refractivity contribution >= 4 is 16.6 Å². The molecule has 0 saturated carbocycles. The van der Waals surface area contributed by atoms with Gasteiger partial charge < -0.3 is 19.8 Å². The zero-order chi connectivity index (χ0) is 16.5. The monoisotopic (exact) mass is 318 g/mol. The molecule has 0 fully saturated rings. The van der Waals surface area contributed by atoms with Crippen molar-refractivity contribution in [3.05, 3.63) is 83.9 Å². The molecule has 0 aliphatic heterocycles. The fraction of sp³-hybridized carbons (Fsp3) is 0.100. The van der Waals surface area contributed by atoms with Crippen molar-refractivity contribution in [1.29, 1.82) is 0 Å². The number of nitrogens with one attached hydrogen (secondary N) is 2. The Bertz CT molecular complexity index is 970. The summed E-state index contributed by atoms with van der Waals surface area (Å²) in [7, 11) is 0. The second-order valence-corrected chi connectivity index (χ2v) is 5.88. The highest BCUT2D eigenvalue weighted by atomic mass is 16.3. The summed E-state index contributed by atoms with van der Waals surface area (Å²) in [6.45, 7) is 2.09. The van der Waals surface area contributed by atoms with Gasteiger partial charge in [0.15, 0.2) is 0 Å². The van der Waals surface area contributed by atoms with Crippen LogP contribution in [0.25, 0.3) is 10.9 Å². The van der Waals surface area contributed by atoms with Crippen LogP contribution in [0.2, 0.25) is 0 Å². The number of hydrogen-bond donors (Lipinski definition) is 3. The molecule has 0 spiro atoms. The summed E-state index contributed by atoms with van der Waals surface area (Å²) >= 11 is 0. The number of aromatic hydroxyl groups is 1. The van der Waals surface area contributed by atoms with Crippen LogP contribution in [0.5, 0.6) is 5.75 Å². The highest BCUT2D eigenvalue weighted by Crippen LogP contribution is 2.33. The van der Waals surface area contributed by atoms with Crippen LogP contribution < -0.4 is 5.32 Å². The predicted molar refractivity (Wildman–Crippen MR) is 95.3 cm³/mol. The van der Waals surface area contributed by atoms with E-state index < -0.39 is 0 Å². The number of H-pyrrole nitrogens is 1. The van der Waals surface area contributed by atoms with Gasteiger partial charge in [-0.05, 0) is 36.8 Å². The molecule has 24 heavy (non-hydrogen) atoms. The van der Waals surface area contributed by atoms with Crippen LogP contribution >= 0.6 is 0 Å². The summed E-state index contributed by atoms with van der Waals surface area (Å²) in [6.07, 6.45) is 3.69. The molecule has 0 aliphatic carbocycles. The highest BCUT2D eigenvalue weighted by molar-refractivity contribution is 5.87.